The molecule has 9 nitrogen and oxygen atoms in total. The number of para-hydroxylation sites is 1. The number of amides is 4. The molecule has 0 radical (unpaired) electrons. The number of ether oxygens (including phenoxy) is 1. The van der Waals surface area contributed by atoms with Crippen LogP contribution in [0.25, 0.3) is 10.9 Å². The fourth-order valence-electron chi connectivity index (χ4n) is 4.51. The van der Waals surface area contributed by atoms with E-state index in [0.29, 0.717) is 25.3 Å². The van der Waals surface area contributed by atoms with Gasteiger partial charge in [0.05, 0.1) is 13.2 Å². The Hall–Kier alpha value is -3.85. The van der Waals surface area contributed by atoms with Crippen LogP contribution in [0.15, 0.2) is 54.7 Å². The number of nitrogens with zero attached hydrogens (tertiary/aromatic N) is 2. The number of anilines is 2. The Bertz CT molecular complexity index is 1220. The van der Waals surface area contributed by atoms with Crippen LogP contribution in [0.1, 0.15) is 12.5 Å². The summed E-state index contributed by atoms with van der Waals surface area (Å²) in [5, 5.41) is 6.55. The Balaban J connectivity index is 1.23. The minimum atomic E-state index is -0.945. The molecule has 3 N–H and O–H groups in total. The first-order chi connectivity index (χ1) is 16.5. The molecular weight excluding hydrogens is 434 g/mol. The molecule has 1 aromatic heterocycles. The van der Waals surface area contributed by atoms with Crippen molar-refractivity contribution in [3.8, 4) is 0 Å². The molecule has 2 aliphatic rings. The second kappa shape index (κ2) is 9.18. The van der Waals surface area contributed by atoms with E-state index in [4.69, 9.17) is 4.74 Å². The number of carbonyl (C=O) groups is 3. The summed E-state index contributed by atoms with van der Waals surface area (Å²) in [7, 11) is 0. The highest BCUT2D eigenvalue weighted by atomic mass is 16.5. The zero-order chi connectivity index (χ0) is 23.7. The second-order valence-electron chi connectivity index (χ2n) is 8.59. The van der Waals surface area contributed by atoms with E-state index in [1.807, 2.05) is 54.7 Å². The van der Waals surface area contributed by atoms with Crippen molar-refractivity contribution >= 4 is 40.1 Å². The molecule has 0 aliphatic carbocycles. The lowest BCUT2D eigenvalue weighted by atomic mass is 10.0. The Morgan fingerprint density at radius 1 is 1.12 bits per heavy atom. The third-order valence-electron chi connectivity index (χ3n) is 6.43. The summed E-state index contributed by atoms with van der Waals surface area (Å²) in [6, 6.07) is 13.1. The van der Waals surface area contributed by atoms with Gasteiger partial charge in [-0.1, -0.05) is 18.2 Å². The predicted octanol–water partition coefficient (Wildman–Crippen LogP) is 2.49. The van der Waals surface area contributed by atoms with Crippen LogP contribution in [0, 0.1) is 0 Å². The normalized spacial score (nSPS) is 19.4. The maximum absolute atomic E-state index is 13.0. The summed E-state index contributed by atoms with van der Waals surface area (Å²) < 4.78 is 5.38. The summed E-state index contributed by atoms with van der Waals surface area (Å²) in [6.07, 6.45) is 2.20. The first-order valence-electron chi connectivity index (χ1n) is 11.4. The van der Waals surface area contributed by atoms with Crippen LogP contribution in [-0.2, 0) is 20.7 Å². The van der Waals surface area contributed by atoms with E-state index in [0.717, 1.165) is 40.1 Å². The van der Waals surface area contributed by atoms with E-state index in [9.17, 15) is 14.4 Å². The maximum atomic E-state index is 13.0. The van der Waals surface area contributed by atoms with Gasteiger partial charge in [0.1, 0.15) is 12.1 Å². The van der Waals surface area contributed by atoms with Crippen LogP contribution < -0.4 is 15.5 Å². The van der Waals surface area contributed by atoms with Crippen LogP contribution in [0.5, 0.6) is 0 Å². The molecule has 0 saturated carbocycles. The fourth-order valence-corrected chi connectivity index (χ4v) is 4.51. The summed E-state index contributed by atoms with van der Waals surface area (Å²) in [5.74, 6) is -0.823. The molecule has 2 aromatic carbocycles. The van der Waals surface area contributed by atoms with Crippen LogP contribution in [0.3, 0.4) is 0 Å². The fraction of sp³-hybridized carbons (Fsp3) is 0.320. The third-order valence-corrected chi connectivity index (χ3v) is 6.43. The van der Waals surface area contributed by atoms with Gasteiger partial charge in [0.2, 0.25) is 5.91 Å². The highest BCUT2D eigenvalue weighted by Gasteiger charge is 2.43. The lowest BCUT2D eigenvalue weighted by Gasteiger charge is -2.29. The Kier molecular flexibility index (Phi) is 5.93. The van der Waals surface area contributed by atoms with Gasteiger partial charge in [-0.05, 0) is 42.8 Å². The van der Waals surface area contributed by atoms with E-state index >= 15 is 0 Å². The van der Waals surface area contributed by atoms with Gasteiger partial charge < -0.3 is 25.3 Å². The SMILES string of the molecule is C[C@H](C(=O)Nc1ccc(N2CCOCC2)cc1)N1C(=O)N[C@H](Cc2c[nH]c3ccccc23)C1=O. The second-order valence-corrected chi connectivity index (χ2v) is 8.59. The van der Waals surface area contributed by atoms with Crippen molar-refractivity contribution < 1.29 is 19.1 Å². The van der Waals surface area contributed by atoms with Crippen molar-refractivity contribution in [1.29, 1.82) is 0 Å². The molecule has 4 amide bonds. The number of rotatable bonds is 6. The van der Waals surface area contributed by atoms with Gasteiger partial charge in [0, 0.05) is 48.0 Å². The molecule has 0 unspecified atom stereocenters. The first kappa shape index (κ1) is 22.0. The van der Waals surface area contributed by atoms with Crippen molar-refractivity contribution in [2.75, 3.05) is 36.5 Å². The number of morpholine rings is 1. The molecule has 2 saturated heterocycles. The quantitative estimate of drug-likeness (QED) is 0.489. The maximum Gasteiger partial charge on any atom is 0.325 e. The largest absolute Gasteiger partial charge is 0.378 e. The number of imide groups is 1. The van der Waals surface area contributed by atoms with Gasteiger partial charge in [0.25, 0.3) is 5.91 Å². The minimum Gasteiger partial charge on any atom is -0.378 e. The number of H-pyrrole nitrogens is 1. The number of aromatic nitrogens is 1. The molecule has 2 fully saturated rings. The number of aromatic amines is 1. The molecule has 3 aromatic rings. The van der Waals surface area contributed by atoms with Crippen LogP contribution >= 0.6 is 0 Å². The average Bonchev–Trinajstić information content (AvgIpc) is 3.39. The predicted molar refractivity (Wildman–Crippen MR) is 129 cm³/mol. The topological polar surface area (TPSA) is 107 Å². The van der Waals surface area contributed by atoms with Gasteiger partial charge in [-0.25, -0.2) is 4.79 Å². The molecule has 0 bridgehead atoms. The highest BCUT2D eigenvalue weighted by Crippen LogP contribution is 2.23. The molecule has 9 heteroatoms. The van der Waals surface area contributed by atoms with Crippen molar-refractivity contribution in [1.82, 2.24) is 15.2 Å². The van der Waals surface area contributed by atoms with E-state index in [1.165, 1.54) is 0 Å². The number of carbonyl (C=O) groups excluding carboxylic acids is 3. The van der Waals surface area contributed by atoms with Crippen LogP contribution in [0.2, 0.25) is 0 Å². The molecule has 0 spiro atoms. The molecule has 3 heterocycles. The highest BCUT2D eigenvalue weighted by molar-refractivity contribution is 6.09. The Morgan fingerprint density at radius 3 is 2.62 bits per heavy atom. The Morgan fingerprint density at radius 2 is 1.85 bits per heavy atom. The average molecular weight is 462 g/mol. The zero-order valence-electron chi connectivity index (χ0n) is 18.9. The van der Waals surface area contributed by atoms with Crippen LogP contribution in [-0.4, -0.2) is 66.1 Å². The lowest BCUT2D eigenvalue weighted by molar-refractivity contribution is -0.133. The molecule has 2 atom stereocenters. The lowest BCUT2D eigenvalue weighted by Crippen LogP contribution is -2.46. The summed E-state index contributed by atoms with van der Waals surface area (Å²) in [6.45, 7) is 4.61. The summed E-state index contributed by atoms with van der Waals surface area (Å²) in [4.78, 5) is 44.9. The van der Waals surface area contributed by atoms with Gasteiger partial charge in [-0.2, -0.15) is 0 Å². The zero-order valence-corrected chi connectivity index (χ0v) is 18.9. The summed E-state index contributed by atoms with van der Waals surface area (Å²) >= 11 is 0. The molecule has 2 aliphatic heterocycles. The van der Waals surface area contributed by atoms with Crippen molar-refractivity contribution in [2.45, 2.75) is 25.4 Å². The summed E-state index contributed by atoms with van der Waals surface area (Å²) in [5.41, 5.74) is 3.58. The number of urea groups is 1. The van der Waals surface area contributed by atoms with E-state index in [-0.39, 0.29) is 0 Å². The smallest absolute Gasteiger partial charge is 0.325 e. The number of benzene rings is 2. The number of hydrogen-bond donors (Lipinski definition) is 3. The number of nitrogens with one attached hydrogen (secondary N) is 3. The van der Waals surface area contributed by atoms with Gasteiger partial charge in [0.15, 0.2) is 0 Å². The first-order valence-corrected chi connectivity index (χ1v) is 11.4. The standard InChI is InChI=1S/C25H27N5O4/c1-16(23(31)27-18-6-8-19(9-7-18)29-10-12-34-13-11-29)30-24(32)22(28-25(30)33)14-17-15-26-21-5-3-2-4-20(17)21/h2-9,15-16,22,26H,10-14H2,1H3,(H,27,31)(H,28,33)/t16-,22-/m1/s1. The van der Waals surface area contributed by atoms with Crippen molar-refractivity contribution in [2.24, 2.45) is 0 Å². The third kappa shape index (κ3) is 4.22. The molecule has 5 rings (SSSR count). The van der Waals surface area contributed by atoms with E-state index in [1.54, 1.807) is 6.92 Å². The molecular formula is C25H27N5O4. The Labute approximate surface area is 197 Å². The minimum absolute atomic E-state index is 0.350. The van der Waals surface area contributed by atoms with Crippen LogP contribution in [0.4, 0.5) is 16.2 Å². The molecule has 176 valence electrons. The van der Waals surface area contributed by atoms with Gasteiger partial charge in [-0.3, -0.25) is 14.5 Å². The monoisotopic (exact) mass is 461 g/mol. The van der Waals surface area contributed by atoms with E-state index < -0.39 is 29.9 Å². The number of hydrogen-bond acceptors (Lipinski definition) is 5. The van der Waals surface area contributed by atoms with Gasteiger partial charge in [-0.15, -0.1) is 0 Å². The number of fused-ring (bicyclic) bond motifs is 1. The van der Waals surface area contributed by atoms with Gasteiger partial charge >= 0.3 is 6.03 Å². The van der Waals surface area contributed by atoms with E-state index in [2.05, 4.69) is 20.5 Å². The molecule has 34 heavy (non-hydrogen) atoms. The van der Waals surface area contributed by atoms with Crippen molar-refractivity contribution in [3.63, 3.8) is 0 Å². The van der Waals surface area contributed by atoms with Crippen molar-refractivity contribution in [3.05, 3.63) is 60.3 Å².